The SMILES string of the molecule is COc1ccc(CCC(N)C(=O)O)c(OC)c1. The van der Waals surface area contributed by atoms with Gasteiger partial charge >= 0.3 is 5.97 Å². The highest BCUT2D eigenvalue weighted by atomic mass is 16.5. The third-order valence-electron chi connectivity index (χ3n) is 2.54. The monoisotopic (exact) mass is 239 g/mol. The molecule has 0 radical (unpaired) electrons. The van der Waals surface area contributed by atoms with E-state index in [1.165, 1.54) is 0 Å². The average Bonchev–Trinajstić information content (AvgIpc) is 2.35. The van der Waals surface area contributed by atoms with E-state index in [1.54, 1.807) is 20.3 Å². The van der Waals surface area contributed by atoms with Crippen LogP contribution in [0, 0.1) is 0 Å². The zero-order chi connectivity index (χ0) is 12.8. The Bertz CT molecular complexity index is 392. The van der Waals surface area contributed by atoms with Crippen LogP contribution in [0.15, 0.2) is 18.2 Å². The van der Waals surface area contributed by atoms with Gasteiger partial charge in [-0.15, -0.1) is 0 Å². The third-order valence-corrected chi connectivity index (χ3v) is 2.54. The summed E-state index contributed by atoms with van der Waals surface area (Å²) in [5.41, 5.74) is 6.37. The molecule has 1 rings (SSSR count). The molecular formula is C12H17NO4. The molecule has 0 spiro atoms. The summed E-state index contributed by atoms with van der Waals surface area (Å²) in [6.45, 7) is 0. The fraction of sp³-hybridized carbons (Fsp3) is 0.417. The lowest BCUT2D eigenvalue weighted by molar-refractivity contribution is -0.138. The minimum absolute atomic E-state index is 0.373. The zero-order valence-electron chi connectivity index (χ0n) is 9.97. The molecule has 0 fully saturated rings. The quantitative estimate of drug-likeness (QED) is 0.775. The Morgan fingerprint density at radius 2 is 2.12 bits per heavy atom. The first kappa shape index (κ1) is 13.3. The van der Waals surface area contributed by atoms with E-state index in [4.69, 9.17) is 20.3 Å². The van der Waals surface area contributed by atoms with Gasteiger partial charge in [0.25, 0.3) is 0 Å². The summed E-state index contributed by atoms with van der Waals surface area (Å²) in [6, 6.07) is 4.58. The normalized spacial score (nSPS) is 11.9. The van der Waals surface area contributed by atoms with Gasteiger partial charge in [0.2, 0.25) is 0 Å². The second-order valence-electron chi connectivity index (χ2n) is 3.66. The Balaban J connectivity index is 2.73. The van der Waals surface area contributed by atoms with Gasteiger partial charge in [0.15, 0.2) is 0 Å². The zero-order valence-corrected chi connectivity index (χ0v) is 9.97. The molecule has 0 saturated heterocycles. The molecule has 0 saturated carbocycles. The maximum absolute atomic E-state index is 10.6. The Kier molecular flexibility index (Phi) is 4.78. The van der Waals surface area contributed by atoms with Crippen LogP contribution >= 0.6 is 0 Å². The highest BCUT2D eigenvalue weighted by Gasteiger charge is 2.13. The van der Waals surface area contributed by atoms with Crippen molar-refractivity contribution in [1.82, 2.24) is 0 Å². The second kappa shape index (κ2) is 6.10. The van der Waals surface area contributed by atoms with Crippen LogP contribution in [0.2, 0.25) is 0 Å². The van der Waals surface area contributed by atoms with Crippen LogP contribution in [-0.2, 0) is 11.2 Å². The minimum atomic E-state index is -0.988. The van der Waals surface area contributed by atoms with Crippen LogP contribution in [0.25, 0.3) is 0 Å². The Hall–Kier alpha value is -1.75. The summed E-state index contributed by atoms with van der Waals surface area (Å²) in [6.07, 6.45) is 0.929. The summed E-state index contributed by atoms with van der Waals surface area (Å²) in [7, 11) is 3.14. The van der Waals surface area contributed by atoms with Crippen molar-refractivity contribution in [1.29, 1.82) is 0 Å². The van der Waals surface area contributed by atoms with Gasteiger partial charge in [-0.2, -0.15) is 0 Å². The van der Waals surface area contributed by atoms with Gasteiger partial charge in [0, 0.05) is 6.07 Å². The van der Waals surface area contributed by atoms with Crippen molar-refractivity contribution in [2.24, 2.45) is 5.73 Å². The molecule has 0 aliphatic rings. The third kappa shape index (κ3) is 3.64. The number of methoxy groups -OCH3 is 2. The molecule has 5 nitrogen and oxygen atoms in total. The van der Waals surface area contributed by atoms with Crippen molar-refractivity contribution in [3.63, 3.8) is 0 Å². The van der Waals surface area contributed by atoms with E-state index in [0.717, 1.165) is 5.56 Å². The topological polar surface area (TPSA) is 81.8 Å². The summed E-state index contributed by atoms with van der Waals surface area (Å²) in [4.78, 5) is 10.6. The predicted octanol–water partition coefficient (Wildman–Crippen LogP) is 1.05. The lowest BCUT2D eigenvalue weighted by atomic mass is 10.0. The minimum Gasteiger partial charge on any atom is -0.497 e. The lowest BCUT2D eigenvalue weighted by Crippen LogP contribution is -2.30. The first-order valence-electron chi connectivity index (χ1n) is 5.27. The van der Waals surface area contributed by atoms with E-state index in [9.17, 15) is 4.79 Å². The number of rotatable bonds is 6. The van der Waals surface area contributed by atoms with Crippen LogP contribution in [0.4, 0.5) is 0 Å². The molecule has 3 N–H and O–H groups in total. The van der Waals surface area contributed by atoms with Gasteiger partial charge in [-0.3, -0.25) is 4.79 Å². The molecule has 0 bridgehead atoms. The summed E-state index contributed by atoms with van der Waals surface area (Å²) in [5, 5.41) is 8.69. The molecule has 1 aromatic rings. The summed E-state index contributed by atoms with van der Waals surface area (Å²) in [5.74, 6) is 0.396. The van der Waals surface area contributed by atoms with E-state index in [1.807, 2.05) is 12.1 Å². The van der Waals surface area contributed by atoms with Gasteiger partial charge in [0.1, 0.15) is 17.5 Å². The summed E-state index contributed by atoms with van der Waals surface area (Å²) >= 11 is 0. The van der Waals surface area contributed by atoms with Crippen LogP contribution in [0.3, 0.4) is 0 Å². The molecule has 0 aliphatic heterocycles. The van der Waals surface area contributed by atoms with Crippen molar-refractivity contribution in [2.75, 3.05) is 14.2 Å². The molecule has 1 aromatic carbocycles. The molecule has 0 heterocycles. The van der Waals surface area contributed by atoms with Gasteiger partial charge in [-0.1, -0.05) is 6.07 Å². The Morgan fingerprint density at radius 3 is 2.65 bits per heavy atom. The highest BCUT2D eigenvalue weighted by Crippen LogP contribution is 2.25. The van der Waals surface area contributed by atoms with Crippen LogP contribution < -0.4 is 15.2 Å². The van der Waals surface area contributed by atoms with Gasteiger partial charge in [0.05, 0.1) is 14.2 Å². The molecule has 0 amide bonds. The van der Waals surface area contributed by atoms with Gasteiger partial charge < -0.3 is 20.3 Å². The number of carboxylic acids is 1. The maximum Gasteiger partial charge on any atom is 0.320 e. The van der Waals surface area contributed by atoms with E-state index >= 15 is 0 Å². The van der Waals surface area contributed by atoms with Crippen molar-refractivity contribution in [2.45, 2.75) is 18.9 Å². The summed E-state index contributed by atoms with van der Waals surface area (Å²) < 4.78 is 10.3. The molecule has 5 heteroatoms. The van der Waals surface area contributed by atoms with Gasteiger partial charge in [-0.25, -0.2) is 0 Å². The molecule has 94 valence electrons. The Labute approximate surface area is 100 Å². The second-order valence-corrected chi connectivity index (χ2v) is 3.66. The number of carboxylic acid groups (broad SMARTS) is 1. The van der Waals surface area contributed by atoms with E-state index < -0.39 is 12.0 Å². The number of carbonyl (C=O) groups is 1. The molecule has 1 atom stereocenters. The first-order chi connectivity index (χ1) is 8.08. The average molecular weight is 239 g/mol. The molecule has 0 aliphatic carbocycles. The largest absolute Gasteiger partial charge is 0.497 e. The number of benzene rings is 1. The number of aliphatic carboxylic acids is 1. The van der Waals surface area contributed by atoms with Crippen molar-refractivity contribution >= 4 is 5.97 Å². The number of aryl methyl sites for hydroxylation is 1. The number of nitrogens with two attached hydrogens (primary N) is 1. The van der Waals surface area contributed by atoms with Crippen molar-refractivity contribution in [3.8, 4) is 11.5 Å². The highest BCUT2D eigenvalue weighted by molar-refractivity contribution is 5.73. The van der Waals surface area contributed by atoms with Crippen molar-refractivity contribution < 1.29 is 19.4 Å². The van der Waals surface area contributed by atoms with E-state index in [2.05, 4.69) is 0 Å². The van der Waals surface area contributed by atoms with Crippen LogP contribution in [0.5, 0.6) is 11.5 Å². The van der Waals surface area contributed by atoms with Gasteiger partial charge in [-0.05, 0) is 24.5 Å². The van der Waals surface area contributed by atoms with E-state index in [0.29, 0.717) is 24.3 Å². The number of hydrogen-bond acceptors (Lipinski definition) is 4. The molecule has 0 aromatic heterocycles. The maximum atomic E-state index is 10.6. The molecule has 1 unspecified atom stereocenters. The predicted molar refractivity (Wildman–Crippen MR) is 63.5 cm³/mol. The molecular weight excluding hydrogens is 222 g/mol. The smallest absolute Gasteiger partial charge is 0.320 e. The fourth-order valence-electron chi connectivity index (χ4n) is 1.49. The Morgan fingerprint density at radius 1 is 1.41 bits per heavy atom. The standard InChI is InChI=1S/C12H17NO4/c1-16-9-5-3-8(11(7-9)17-2)4-6-10(13)12(14)15/h3,5,7,10H,4,6,13H2,1-2H3,(H,14,15). The fourth-order valence-corrected chi connectivity index (χ4v) is 1.49. The van der Waals surface area contributed by atoms with Crippen LogP contribution in [-0.4, -0.2) is 31.3 Å². The van der Waals surface area contributed by atoms with Crippen LogP contribution in [0.1, 0.15) is 12.0 Å². The first-order valence-corrected chi connectivity index (χ1v) is 5.27. The van der Waals surface area contributed by atoms with E-state index in [-0.39, 0.29) is 0 Å². The molecule has 17 heavy (non-hydrogen) atoms. The van der Waals surface area contributed by atoms with Crippen molar-refractivity contribution in [3.05, 3.63) is 23.8 Å². The number of ether oxygens (including phenoxy) is 2. The lowest BCUT2D eigenvalue weighted by Gasteiger charge is -2.11. The number of hydrogen-bond donors (Lipinski definition) is 2.